The Labute approximate surface area is 184 Å². The molecule has 0 aliphatic heterocycles. The Hall–Kier alpha value is -3.12. The Morgan fingerprint density at radius 3 is 2.13 bits per heavy atom. The van der Waals surface area contributed by atoms with E-state index in [2.05, 4.69) is 36.5 Å². The van der Waals surface area contributed by atoms with Crippen LogP contribution in [0.4, 0.5) is 5.69 Å². The molecule has 0 saturated heterocycles. The summed E-state index contributed by atoms with van der Waals surface area (Å²) in [6.07, 6.45) is 2.94. The lowest BCUT2D eigenvalue weighted by molar-refractivity contribution is 0.0953. The number of benzene rings is 3. The minimum Gasteiger partial charge on any atom is -0.352 e. The van der Waals surface area contributed by atoms with Gasteiger partial charge in [-0.05, 0) is 55.2 Å². The second kappa shape index (κ2) is 10.3. The van der Waals surface area contributed by atoms with Gasteiger partial charge in [-0.2, -0.15) is 0 Å². The summed E-state index contributed by atoms with van der Waals surface area (Å²) >= 11 is 0. The van der Waals surface area contributed by atoms with Gasteiger partial charge < -0.3 is 5.32 Å². The van der Waals surface area contributed by atoms with E-state index in [9.17, 15) is 13.2 Å². The molecule has 0 unspecified atom stereocenters. The van der Waals surface area contributed by atoms with Gasteiger partial charge in [0.25, 0.3) is 5.91 Å². The number of amides is 1. The van der Waals surface area contributed by atoms with Gasteiger partial charge in [-0.1, -0.05) is 60.2 Å². The predicted molar refractivity (Wildman–Crippen MR) is 126 cm³/mol. The molecule has 1 N–H and O–H groups in total. The Kier molecular flexibility index (Phi) is 7.47. The highest BCUT2D eigenvalue weighted by molar-refractivity contribution is 7.92. The summed E-state index contributed by atoms with van der Waals surface area (Å²) in [5.41, 5.74) is 4.42. The molecule has 3 aromatic carbocycles. The van der Waals surface area contributed by atoms with Crippen molar-refractivity contribution < 1.29 is 13.2 Å². The summed E-state index contributed by atoms with van der Waals surface area (Å²) in [4.78, 5) is 12.4. The molecule has 6 heteroatoms. The number of sulfonamides is 1. The topological polar surface area (TPSA) is 66.5 Å². The molecule has 3 aromatic rings. The quantitative estimate of drug-likeness (QED) is 0.508. The van der Waals surface area contributed by atoms with Crippen molar-refractivity contribution >= 4 is 21.6 Å². The molecule has 1 amide bonds. The van der Waals surface area contributed by atoms with E-state index >= 15 is 0 Å². The normalized spacial score (nSPS) is 11.2. The van der Waals surface area contributed by atoms with Gasteiger partial charge in [-0.15, -0.1) is 0 Å². The zero-order valence-corrected chi connectivity index (χ0v) is 18.7. The first-order chi connectivity index (χ1) is 14.8. The number of nitrogens with one attached hydrogen (secondary N) is 1. The standard InChI is InChI=1S/C25H28N2O3S/c1-20-10-12-21(13-11-20)9-6-18-26-25(28)23-14-16-24(17-15-23)27(31(2,29)30)19-22-7-4-3-5-8-22/h3-5,7-8,10-17H,6,9,18-19H2,1-2H3,(H,26,28). The van der Waals surface area contributed by atoms with Gasteiger partial charge >= 0.3 is 0 Å². The highest BCUT2D eigenvalue weighted by Gasteiger charge is 2.18. The first-order valence-electron chi connectivity index (χ1n) is 10.3. The summed E-state index contributed by atoms with van der Waals surface area (Å²) < 4.78 is 26.0. The molecule has 0 saturated carbocycles. The molecular formula is C25H28N2O3S. The van der Waals surface area contributed by atoms with E-state index in [-0.39, 0.29) is 12.5 Å². The van der Waals surface area contributed by atoms with Crippen LogP contribution in [0.2, 0.25) is 0 Å². The summed E-state index contributed by atoms with van der Waals surface area (Å²) in [5.74, 6) is -0.163. The van der Waals surface area contributed by atoms with Crippen LogP contribution in [0, 0.1) is 6.92 Å². The van der Waals surface area contributed by atoms with Crippen LogP contribution in [-0.2, 0) is 23.0 Å². The monoisotopic (exact) mass is 436 g/mol. The molecule has 0 aliphatic rings. The summed E-state index contributed by atoms with van der Waals surface area (Å²) in [6, 6.07) is 24.5. The van der Waals surface area contributed by atoms with Crippen molar-refractivity contribution in [2.45, 2.75) is 26.3 Å². The molecular weight excluding hydrogens is 408 g/mol. The fraction of sp³-hybridized carbons (Fsp3) is 0.240. The van der Waals surface area contributed by atoms with Crippen molar-refractivity contribution in [3.8, 4) is 0 Å². The number of rotatable bonds is 9. The average molecular weight is 437 g/mol. The van der Waals surface area contributed by atoms with Gasteiger partial charge in [0.05, 0.1) is 18.5 Å². The molecule has 0 bridgehead atoms. The van der Waals surface area contributed by atoms with Gasteiger partial charge in [-0.25, -0.2) is 8.42 Å². The number of carbonyl (C=O) groups is 1. The zero-order chi connectivity index (χ0) is 22.3. The van der Waals surface area contributed by atoms with Crippen molar-refractivity contribution in [2.24, 2.45) is 0 Å². The zero-order valence-electron chi connectivity index (χ0n) is 17.9. The molecule has 0 radical (unpaired) electrons. The summed E-state index contributed by atoms with van der Waals surface area (Å²) in [6.45, 7) is 2.88. The van der Waals surface area contributed by atoms with Crippen molar-refractivity contribution in [1.29, 1.82) is 0 Å². The lowest BCUT2D eigenvalue weighted by atomic mass is 10.1. The van der Waals surface area contributed by atoms with Crippen molar-refractivity contribution in [1.82, 2.24) is 5.32 Å². The molecule has 3 rings (SSSR count). The number of hydrogen-bond acceptors (Lipinski definition) is 3. The Morgan fingerprint density at radius 2 is 1.52 bits per heavy atom. The minimum absolute atomic E-state index is 0.163. The van der Waals surface area contributed by atoms with Gasteiger partial charge in [0.1, 0.15) is 0 Å². The number of nitrogens with zero attached hydrogens (tertiary/aromatic N) is 1. The van der Waals surface area contributed by atoms with E-state index in [1.54, 1.807) is 24.3 Å². The van der Waals surface area contributed by atoms with E-state index in [0.29, 0.717) is 17.8 Å². The fourth-order valence-electron chi connectivity index (χ4n) is 3.28. The first-order valence-corrected chi connectivity index (χ1v) is 12.1. The van der Waals surface area contributed by atoms with Gasteiger partial charge in [-0.3, -0.25) is 9.10 Å². The molecule has 0 spiro atoms. The largest absolute Gasteiger partial charge is 0.352 e. The second-order valence-electron chi connectivity index (χ2n) is 7.65. The van der Waals surface area contributed by atoms with Crippen LogP contribution in [0.5, 0.6) is 0 Å². The lowest BCUT2D eigenvalue weighted by Gasteiger charge is -2.22. The second-order valence-corrected chi connectivity index (χ2v) is 9.55. The third-order valence-corrected chi connectivity index (χ3v) is 6.18. The molecule has 31 heavy (non-hydrogen) atoms. The maximum atomic E-state index is 12.4. The SMILES string of the molecule is Cc1ccc(CCCNC(=O)c2ccc(N(Cc3ccccc3)S(C)(=O)=O)cc2)cc1. The Balaban J connectivity index is 1.58. The highest BCUT2D eigenvalue weighted by atomic mass is 32.2. The van der Waals surface area contributed by atoms with Crippen LogP contribution in [-0.4, -0.2) is 27.1 Å². The number of aryl methyl sites for hydroxylation is 2. The Bertz CT molecular complexity index is 1090. The summed E-state index contributed by atoms with van der Waals surface area (Å²) in [7, 11) is -3.46. The highest BCUT2D eigenvalue weighted by Crippen LogP contribution is 2.21. The lowest BCUT2D eigenvalue weighted by Crippen LogP contribution is -2.29. The van der Waals surface area contributed by atoms with Crippen LogP contribution in [0.3, 0.4) is 0 Å². The van der Waals surface area contributed by atoms with E-state index in [1.807, 2.05) is 30.3 Å². The van der Waals surface area contributed by atoms with Crippen molar-refractivity contribution in [3.63, 3.8) is 0 Å². The molecule has 0 aromatic heterocycles. The maximum absolute atomic E-state index is 12.4. The number of hydrogen-bond donors (Lipinski definition) is 1. The van der Waals surface area contributed by atoms with Crippen LogP contribution >= 0.6 is 0 Å². The van der Waals surface area contributed by atoms with Gasteiger partial charge in [0.2, 0.25) is 10.0 Å². The molecule has 162 valence electrons. The van der Waals surface area contributed by atoms with Crippen LogP contribution in [0.25, 0.3) is 0 Å². The van der Waals surface area contributed by atoms with Crippen LogP contribution in [0.15, 0.2) is 78.9 Å². The molecule has 0 aliphatic carbocycles. The number of carbonyl (C=O) groups excluding carboxylic acids is 1. The summed E-state index contributed by atoms with van der Waals surface area (Å²) in [5, 5.41) is 2.93. The smallest absolute Gasteiger partial charge is 0.251 e. The minimum atomic E-state index is -3.46. The first kappa shape index (κ1) is 22.6. The molecule has 0 atom stereocenters. The fourth-order valence-corrected chi connectivity index (χ4v) is 4.17. The van der Waals surface area contributed by atoms with E-state index < -0.39 is 10.0 Å². The molecule has 0 fully saturated rings. The van der Waals surface area contributed by atoms with E-state index in [0.717, 1.165) is 18.4 Å². The van der Waals surface area contributed by atoms with E-state index in [4.69, 9.17) is 0 Å². The predicted octanol–water partition coefficient (Wildman–Crippen LogP) is 4.32. The van der Waals surface area contributed by atoms with Gasteiger partial charge in [0, 0.05) is 12.1 Å². The average Bonchev–Trinajstić information content (AvgIpc) is 2.76. The number of anilines is 1. The van der Waals surface area contributed by atoms with Crippen LogP contribution in [0.1, 0.15) is 33.5 Å². The van der Waals surface area contributed by atoms with Crippen LogP contribution < -0.4 is 9.62 Å². The maximum Gasteiger partial charge on any atom is 0.251 e. The Morgan fingerprint density at radius 1 is 0.871 bits per heavy atom. The molecule has 0 heterocycles. The van der Waals surface area contributed by atoms with Gasteiger partial charge in [0.15, 0.2) is 0 Å². The molecule has 5 nitrogen and oxygen atoms in total. The van der Waals surface area contributed by atoms with Crippen molar-refractivity contribution in [2.75, 3.05) is 17.1 Å². The van der Waals surface area contributed by atoms with E-state index in [1.165, 1.54) is 21.7 Å². The third-order valence-electron chi connectivity index (χ3n) is 5.04. The van der Waals surface area contributed by atoms with Crippen molar-refractivity contribution in [3.05, 3.63) is 101 Å². The third kappa shape index (κ3) is 6.69.